The van der Waals surface area contributed by atoms with Gasteiger partial charge < -0.3 is 0 Å². The summed E-state index contributed by atoms with van der Waals surface area (Å²) < 4.78 is 0. The van der Waals surface area contributed by atoms with Gasteiger partial charge in [0.05, 0.1) is 0 Å². The van der Waals surface area contributed by atoms with Gasteiger partial charge >= 0.3 is 0 Å². The SMILES string of the molecule is C=CC(C=CC)CC(C)=O. The number of hydrogen-bond acceptors (Lipinski definition) is 1. The molecule has 0 N–H and O–H groups in total. The second-order valence-corrected chi connectivity index (χ2v) is 2.33. The van der Waals surface area contributed by atoms with Crippen molar-refractivity contribution in [3.63, 3.8) is 0 Å². The lowest BCUT2D eigenvalue weighted by molar-refractivity contribution is -0.117. The highest BCUT2D eigenvalue weighted by atomic mass is 16.1. The van der Waals surface area contributed by atoms with Crippen molar-refractivity contribution >= 4 is 5.78 Å². The lowest BCUT2D eigenvalue weighted by Crippen LogP contribution is -1.98. The van der Waals surface area contributed by atoms with Crippen LogP contribution in [0, 0.1) is 5.92 Å². The van der Waals surface area contributed by atoms with Gasteiger partial charge in [-0.1, -0.05) is 18.2 Å². The van der Waals surface area contributed by atoms with Crippen LogP contribution < -0.4 is 0 Å². The molecule has 0 saturated carbocycles. The molecule has 0 bridgehead atoms. The normalized spacial score (nSPS) is 13.4. The average molecular weight is 138 g/mol. The first kappa shape index (κ1) is 9.15. The molecule has 0 aromatic carbocycles. The van der Waals surface area contributed by atoms with E-state index in [2.05, 4.69) is 6.58 Å². The van der Waals surface area contributed by atoms with Crippen molar-refractivity contribution in [3.05, 3.63) is 24.8 Å². The minimum absolute atomic E-state index is 0.211. The Morgan fingerprint density at radius 2 is 2.30 bits per heavy atom. The molecule has 0 amide bonds. The molecule has 56 valence electrons. The van der Waals surface area contributed by atoms with Gasteiger partial charge in [-0.05, 0) is 13.8 Å². The van der Waals surface area contributed by atoms with Crippen LogP contribution in [0.4, 0.5) is 0 Å². The van der Waals surface area contributed by atoms with Gasteiger partial charge in [-0.15, -0.1) is 6.58 Å². The van der Waals surface area contributed by atoms with Gasteiger partial charge in [-0.2, -0.15) is 0 Å². The topological polar surface area (TPSA) is 17.1 Å². The van der Waals surface area contributed by atoms with Crippen LogP contribution in [-0.2, 0) is 4.79 Å². The summed E-state index contributed by atoms with van der Waals surface area (Å²) >= 11 is 0. The summed E-state index contributed by atoms with van der Waals surface area (Å²) in [5, 5.41) is 0. The van der Waals surface area contributed by atoms with Crippen molar-refractivity contribution in [1.82, 2.24) is 0 Å². The van der Waals surface area contributed by atoms with E-state index in [0.717, 1.165) is 0 Å². The lowest BCUT2D eigenvalue weighted by Gasteiger charge is -2.01. The monoisotopic (exact) mass is 138 g/mol. The van der Waals surface area contributed by atoms with Crippen molar-refractivity contribution < 1.29 is 4.79 Å². The van der Waals surface area contributed by atoms with Crippen molar-refractivity contribution in [2.75, 3.05) is 0 Å². The highest BCUT2D eigenvalue weighted by molar-refractivity contribution is 5.76. The van der Waals surface area contributed by atoms with E-state index in [1.165, 1.54) is 0 Å². The van der Waals surface area contributed by atoms with Gasteiger partial charge in [0.2, 0.25) is 0 Å². The third kappa shape index (κ3) is 4.07. The Hall–Kier alpha value is -0.850. The smallest absolute Gasteiger partial charge is 0.130 e. The predicted octanol–water partition coefficient (Wildman–Crippen LogP) is 2.34. The summed E-state index contributed by atoms with van der Waals surface area (Å²) in [6.45, 7) is 7.17. The highest BCUT2D eigenvalue weighted by Crippen LogP contribution is 2.06. The zero-order chi connectivity index (χ0) is 7.98. The molecule has 10 heavy (non-hydrogen) atoms. The fourth-order valence-electron chi connectivity index (χ4n) is 0.809. The molecule has 0 aliphatic heterocycles. The van der Waals surface area contributed by atoms with Crippen LogP contribution in [0.2, 0.25) is 0 Å². The number of rotatable bonds is 4. The Balaban J connectivity index is 3.83. The fraction of sp³-hybridized carbons (Fsp3) is 0.444. The van der Waals surface area contributed by atoms with E-state index in [1.54, 1.807) is 13.0 Å². The van der Waals surface area contributed by atoms with E-state index < -0.39 is 0 Å². The number of hydrogen-bond donors (Lipinski definition) is 0. The number of carbonyl (C=O) groups excluding carboxylic acids is 1. The molecule has 1 heteroatoms. The lowest BCUT2D eigenvalue weighted by atomic mass is 10.0. The Morgan fingerprint density at radius 1 is 1.70 bits per heavy atom. The van der Waals surface area contributed by atoms with Crippen LogP contribution >= 0.6 is 0 Å². The van der Waals surface area contributed by atoms with E-state index in [-0.39, 0.29) is 11.7 Å². The van der Waals surface area contributed by atoms with Gasteiger partial charge in [0.25, 0.3) is 0 Å². The summed E-state index contributed by atoms with van der Waals surface area (Å²) in [4.78, 5) is 10.6. The molecule has 0 fully saturated rings. The van der Waals surface area contributed by atoms with Crippen LogP contribution in [0.15, 0.2) is 24.8 Å². The van der Waals surface area contributed by atoms with Crippen molar-refractivity contribution in [1.29, 1.82) is 0 Å². The number of allylic oxidation sites excluding steroid dienone is 3. The van der Waals surface area contributed by atoms with E-state index in [1.807, 2.05) is 19.1 Å². The first-order valence-electron chi connectivity index (χ1n) is 3.45. The number of ketones is 1. The van der Waals surface area contributed by atoms with Gasteiger partial charge in [0, 0.05) is 12.3 Å². The molecule has 1 atom stereocenters. The summed E-state index contributed by atoms with van der Waals surface area (Å²) in [5.41, 5.74) is 0. The third-order valence-electron chi connectivity index (χ3n) is 1.27. The van der Waals surface area contributed by atoms with Crippen LogP contribution in [0.5, 0.6) is 0 Å². The quantitative estimate of drug-likeness (QED) is 0.545. The molecule has 0 aliphatic carbocycles. The molecule has 0 saturated heterocycles. The molecule has 1 nitrogen and oxygen atoms in total. The molecular weight excluding hydrogens is 124 g/mol. The number of Topliss-reactive ketones (excluding diaryl/α,β-unsaturated/α-hetero) is 1. The first-order chi connectivity index (χ1) is 4.70. The summed E-state index contributed by atoms with van der Waals surface area (Å²) in [6, 6.07) is 0. The maximum Gasteiger partial charge on any atom is 0.130 e. The van der Waals surface area contributed by atoms with E-state index >= 15 is 0 Å². The minimum atomic E-state index is 0.211. The van der Waals surface area contributed by atoms with Gasteiger partial charge in [0.1, 0.15) is 5.78 Å². The predicted molar refractivity (Wildman–Crippen MR) is 43.8 cm³/mol. The minimum Gasteiger partial charge on any atom is -0.300 e. The maximum absolute atomic E-state index is 10.6. The second kappa shape index (κ2) is 4.98. The summed E-state index contributed by atoms with van der Waals surface area (Å²) in [6.07, 6.45) is 6.29. The molecule has 0 aromatic rings. The largest absolute Gasteiger partial charge is 0.300 e. The van der Waals surface area contributed by atoms with Crippen LogP contribution in [0.3, 0.4) is 0 Å². The highest BCUT2D eigenvalue weighted by Gasteiger charge is 2.01. The van der Waals surface area contributed by atoms with E-state index in [9.17, 15) is 4.79 Å². The van der Waals surface area contributed by atoms with Gasteiger partial charge in [-0.25, -0.2) is 0 Å². The van der Waals surface area contributed by atoms with Crippen molar-refractivity contribution in [2.45, 2.75) is 20.3 Å². The molecule has 0 radical (unpaired) electrons. The maximum atomic E-state index is 10.6. The van der Waals surface area contributed by atoms with Gasteiger partial charge in [0.15, 0.2) is 0 Å². The van der Waals surface area contributed by atoms with Crippen LogP contribution in [0.25, 0.3) is 0 Å². The van der Waals surface area contributed by atoms with E-state index in [0.29, 0.717) is 6.42 Å². The Morgan fingerprint density at radius 3 is 2.60 bits per heavy atom. The molecular formula is C9H14O. The molecule has 0 aliphatic rings. The Labute approximate surface area is 62.4 Å². The molecule has 0 aromatic heterocycles. The Bertz CT molecular complexity index is 145. The van der Waals surface area contributed by atoms with Crippen LogP contribution in [0.1, 0.15) is 20.3 Å². The zero-order valence-electron chi connectivity index (χ0n) is 6.63. The average Bonchev–Trinajstić information content (AvgIpc) is 1.86. The fourth-order valence-corrected chi connectivity index (χ4v) is 0.809. The summed E-state index contributed by atoms with van der Waals surface area (Å²) in [5.74, 6) is 0.436. The standard InChI is InChI=1S/C9H14O/c1-4-6-9(5-2)7-8(3)10/h4-6,9H,2,7H2,1,3H3. The number of carbonyl (C=O) groups is 1. The third-order valence-corrected chi connectivity index (χ3v) is 1.27. The van der Waals surface area contributed by atoms with Crippen LogP contribution in [-0.4, -0.2) is 5.78 Å². The van der Waals surface area contributed by atoms with Crippen molar-refractivity contribution in [3.8, 4) is 0 Å². The molecule has 0 rings (SSSR count). The molecule has 1 unspecified atom stereocenters. The van der Waals surface area contributed by atoms with Gasteiger partial charge in [-0.3, -0.25) is 4.79 Å². The Kier molecular flexibility index (Phi) is 4.55. The molecule has 0 heterocycles. The first-order valence-corrected chi connectivity index (χ1v) is 3.45. The van der Waals surface area contributed by atoms with Crippen molar-refractivity contribution in [2.24, 2.45) is 5.92 Å². The second-order valence-electron chi connectivity index (χ2n) is 2.33. The molecule has 0 spiro atoms. The zero-order valence-corrected chi connectivity index (χ0v) is 6.63. The van der Waals surface area contributed by atoms with E-state index in [4.69, 9.17) is 0 Å². The summed E-state index contributed by atoms with van der Waals surface area (Å²) in [7, 11) is 0.